The average Bonchev–Trinajstić information content (AvgIpc) is 2.78. The molecule has 0 atom stereocenters. The second kappa shape index (κ2) is 6.60. The molecular weight excluding hydrogens is 268 g/mol. The number of para-hydroxylation sites is 1. The van der Waals surface area contributed by atoms with Crippen LogP contribution in [0.1, 0.15) is 11.1 Å². The summed E-state index contributed by atoms with van der Waals surface area (Å²) in [7, 11) is 2.10. The van der Waals surface area contributed by atoms with E-state index in [-0.39, 0.29) is 12.4 Å². The average molecular weight is 287 g/mol. The van der Waals surface area contributed by atoms with Gasteiger partial charge in [0.15, 0.2) is 0 Å². The third-order valence-electron chi connectivity index (χ3n) is 3.47. The molecule has 0 fully saturated rings. The second-order valence-corrected chi connectivity index (χ2v) is 4.87. The Bertz CT molecular complexity index is 674. The zero-order valence-corrected chi connectivity index (χ0v) is 12.4. The van der Waals surface area contributed by atoms with Crippen molar-refractivity contribution >= 4 is 23.3 Å². The molecule has 0 unspecified atom stereocenters. The zero-order chi connectivity index (χ0) is 13.1. The van der Waals surface area contributed by atoms with Gasteiger partial charge in [-0.3, -0.25) is 0 Å². The number of nitrogens with one attached hydrogen (secondary N) is 1. The van der Waals surface area contributed by atoms with Crippen molar-refractivity contribution in [3.63, 3.8) is 0 Å². The van der Waals surface area contributed by atoms with Gasteiger partial charge in [0.2, 0.25) is 0 Å². The predicted molar refractivity (Wildman–Crippen MR) is 87.2 cm³/mol. The highest BCUT2D eigenvalue weighted by molar-refractivity contribution is 5.85. The number of halogens is 1. The maximum absolute atomic E-state index is 3.51. The van der Waals surface area contributed by atoms with Crippen LogP contribution in [-0.2, 0) is 20.1 Å². The summed E-state index contributed by atoms with van der Waals surface area (Å²) >= 11 is 0. The van der Waals surface area contributed by atoms with Gasteiger partial charge in [-0.1, -0.05) is 48.5 Å². The highest BCUT2D eigenvalue weighted by atomic mass is 35.5. The number of aryl methyl sites for hydroxylation is 1. The summed E-state index contributed by atoms with van der Waals surface area (Å²) in [4.78, 5) is 0. The van der Waals surface area contributed by atoms with Crippen molar-refractivity contribution in [2.75, 3.05) is 0 Å². The maximum atomic E-state index is 3.51. The Morgan fingerprint density at radius 3 is 2.40 bits per heavy atom. The third-order valence-corrected chi connectivity index (χ3v) is 3.47. The first kappa shape index (κ1) is 14.6. The van der Waals surface area contributed by atoms with E-state index < -0.39 is 0 Å². The Morgan fingerprint density at radius 2 is 1.60 bits per heavy atom. The Hall–Kier alpha value is -1.77. The van der Waals surface area contributed by atoms with Crippen molar-refractivity contribution in [2.24, 2.45) is 7.05 Å². The molecule has 0 bridgehead atoms. The molecule has 0 aliphatic rings. The smallest absolute Gasteiger partial charge is 0.0481 e. The van der Waals surface area contributed by atoms with Crippen LogP contribution in [0.25, 0.3) is 10.9 Å². The number of hydrogen-bond donors (Lipinski definition) is 1. The molecule has 0 amide bonds. The maximum Gasteiger partial charge on any atom is 0.0481 e. The van der Waals surface area contributed by atoms with Crippen LogP contribution in [0, 0.1) is 0 Å². The lowest BCUT2D eigenvalue weighted by atomic mass is 10.1. The monoisotopic (exact) mass is 286 g/mol. The van der Waals surface area contributed by atoms with Gasteiger partial charge in [0.1, 0.15) is 0 Å². The van der Waals surface area contributed by atoms with Crippen LogP contribution >= 0.6 is 12.4 Å². The van der Waals surface area contributed by atoms with Gasteiger partial charge in [0, 0.05) is 37.2 Å². The van der Waals surface area contributed by atoms with Crippen LogP contribution in [0.4, 0.5) is 0 Å². The minimum absolute atomic E-state index is 0. The Kier molecular flexibility index (Phi) is 4.83. The van der Waals surface area contributed by atoms with Crippen LogP contribution in [0.2, 0.25) is 0 Å². The molecule has 1 heterocycles. The van der Waals surface area contributed by atoms with Crippen LogP contribution < -0.4 is 5.32 Å². The molecular formula is C17H19ClN2. The first-order chi connectivity index (χ1) is 9.34. The van der Waals surface area contributed by atoms with Crippen LogP contribution in [0.3, 0.4) is 0 Å². The van der Waals surface area contributed by atoms with Gasteiger partial charge in [-0.15, -0.1) is 12.4 Å². The lowest BCUT2D eigenvalue weighted by Crippen LogP contribution is -2.12. The molecule has 0 saturated heterocycles. The molecule has 20 heavy (non-hydrogen) atoms. The van der Waals surface area contributed by atoms with E-state index in [0.717, 1.165) is 13.1 Å². The van der Waals surface area contributed by atoms with E-state index in [4.69, 9.17) is 0 Å². The summed E-state index contributed by atoms with van der Waals surface area (Å²) < 4.78 is 2.19. The number of rotatable bonds is 4. The van der Waals surface area contributed by atoms with Gasteiger partial charge < -0.3 is 9.88 Å². The fourth-order valence-electron chi connectivity index (χ4n) is 2.50. The van der Waals surface area contributed by atoms with E-state index in [1.54, 1.807) is 0 Å². The summed E-state index contributed by atoms with van der Waals surface area (Å²) in [6.45, 7) is 1.81. The van der Waals surface area contributed by atoms with E-state index in [9.17, 15) is 0 Å². The van der Waals surface area contributed by atoms with Gasteiger partial charge in [-0.05, 0) is 17.2 Å². The van der Waals surface area contributed by atoms with Crippen molar-refractivity contribution in [1.29, 1.82) is 0 Å². The Morgan fingerprint density at radius 1 is 0.900 bits per heavy atom. The Balaban J connectivity index is 0.00000147. The first-order valence-electron chi connectivity index (χ1n) is 6.62. The minimum atomic E-state index is 0. The number of aromatic nitrogens is 1. The highest BCUT2D eigenvalue weighted by Gasteiger charge is 2.04. The topological polar surface area (TPSA) is 17.0 Å². The molecule has 3 heteroatoms. The SMILES string of the molecule is Cl.Cn1cc(CNCc2ccccc2)c2ccccc21. The molecule has 1 aromatic heterocycles. The van der Waals surface area contributed by atoms with Crippen LogP contribution in [0.5, 0.6) is 0 Å². The van der Waals surface area contributed by atoms with Crippen LogP contribution in [-0.4, -0.2) is 4.57 Å². The predicted octanol–water partition coefficient (Wildman–Crippen LogP) is 3.89. The summed E-state index contributed by atoms with van der Waals surface area (Å²) in [6, 6.07) is 19.0. The van der Waals surface area contributed by atoms with Crippen LogP contribution in [0.15, 0.2) is 60.8 Å². The van der Waals surface area contributed by atoms with Gasteiger partial charge in [-0.25, -0.2) is 0 Å². The van der Waals surface area contributed by atoms with E-state index >= 15 is 0 Å². The van der Waals surface area contributed by atoms with Crippen molar-refractivity contribution in [2.45, 2.75) is 13.1 Å². The van der Waals surface area contributed by atoms with E-state index in [0.29, 0.717) is 0 Å². The van der Waals surface area contributed by atoms with Gasteiger partial charge >= 0.3 is 0 Å². The molecule has 2 aromatic carbocycles. The molecule has 3 rings (SSSR count). The highest BCUT2D eigenvalue weighted by Crippen LogP contribution is 2.20. The molecule has 104 valence electrons. The number of benzene rings is 2. The molecule has 2 nitrogen and oxygen atoms in total. The lowest BCUT2D eigenvalue weighted by Gasteiger charge is -2.04. The number of fused-ring (bicyclic) bond motifs is 1. The summed E-state index contributed by atoms with van der Waals surface area (Å²) in [5.74, 6) is 0. The molecule has 0 aliphatic carbocycles. The summed E-state index contributed by atoms with van der Waals surface area (Å²) in [6.07, 6.45) is 2.21. The number of hydrogen-bond acceptors (Lipinski definition) is 1. The minimum Gasteiger partial charge on any atom is -0.350 e. The molecule has 3 aromatic rings. The molecule has 1 N–H and O–H groups in total. The zero-order valence-electron chi connectivity index (χ0n) is 11.5. The largest absolute Gasteiger partial charge is 0.350 e. The molecule has 0 radical (unpaired) electrons. The van der Waals surface area contributed by atoms with E-state index in [1.165, 1.54) is 22.0 Å². The lowest BCUT2D eigenvalue weighted by molar-refractivity contribution is 0.694. The third kappa shape index (κ3) is 3.03. The van der Waals surface area contributed by atoms with Gasteiger partial charge in [-0.2, -0.15) is 0 Å². The fourth-order valence-corrected chi connectivity index (χ4v) is 2.50. The van der Waals surface area contributed by atoms with E-state index in [2.05, 4.69) is 71.7 Å². The Labute approximate surface area is 125 Å². The first-order valence-corrected chi connectivity index (χ1v) is 6.62. The number of nitrogens with zero attached hydrogens (tertiary/aromatic N) is 1. The molecule has 0 aliphatic heterocycles. The second-order valence-electron chi connectivity index (χ2n) is 4.87. The van der Waals surface area contributed by atoms with Crippen molar-refractivity contribution in [3.05, 3.63) is 71.9 Å². The van der Waals surface area contributed by atoms with Crippen molar-refractivity contribution in [3.8, 4) is 0 Å². The van der Waals surface area contributed by atoms with Crippen molar-refractivity contribution < 1.29 is 0 Å². The normalized spacial score (nSPS) is 10.4. The quantitative estimate of drug-likeness (QED) is 0.770. The molecule has 0 saturated carbocycles. The van der Waals surface area contributed by atoms with Gasteiger partial charge in [0.05, 0.1) is 0 Å². The fraction of sp³-hybridized carbons (Fsp3) is 0.176. The standard InChI is InChI=1S/C17H18N2.ClH/c1-19-13-15(16-9-5-6-10-17(16)19)12-18-11-14-7-3-2-4-8-14;/h2-10,13,18H,11-12H2,1H3;1H. The van der Waals surface area contributed by atoms with E-state index in [1.807, 2.05) is 6.07 Å². The van der Waals surface area contributed by atoms with Crippen molar-refractivity contribution in [1.82, 2.24) is 9.88 Å². The van der Waals surface area contributed by atoms with Gasteiger partial charge in [0.25, 0.3) is 0 Å². The summed E-state index contributed by atoms with van der Waals surface area (Å²) in [5, 5.41) is 4.85. The molecule has 0 spiro atoms. The summed E-state index contributed by atoms with van der Waals surface area (Å²) in [5.41, 5.74) is 3.97.